The van der Waals surface area contributed by atoms with Crippen LogP contribution in [0.3, 0.4) is 0 Å². The minimum atomic E-state index is -0.909. The molecule has 3 rings (SSSR count). The Labute approximate surface area is 206 Å². The normalized spacial score (nSPS) is 11.6. The van der Waals surface area contributed by atoms with Gasteiger partial charge in [0.05, 0.1) is 36.9 Å². The Morgan fingerprint density at radius 3 is 2.21 bits per heavy atom. The number of anilines is 1. The summed E-state index contributed by atoms with van der Waals surface area (Å²) >= 11 is 12.0. The Morgan fingerprint density at radius 1 is 1.03 bits per heavy atom. The van der Waals surface area contributed by atoms with Gasteiger partial charge in [-0.3, -0.25) is 4.79 Å². The highest BCUT2D eigenvalue weighted by atomic mass is 35.5. The van der Waals surface area contributed by atoms with E-state index in [1.54, 1.807) is 24.3 Å². The quantitative estimate of drug-likeness (QED) is 0.434. The number of carbonyl (C=O) groups is 1. The molecule has 1 atom stereocenters. The molecule has 1 heterocycles. The fraction of sp³-hybridized carbons (Fsp3) is 0.250. The fourth-order valence-electron chi connectivity index (χ4n) is 3.59. The Bertz CT molecular complexity index is 1250. The summed E-state index contributed by atoms with van der Waals surface area (Å²) in [7, 11) is 4.36. The van der Waals surface area contributed by atoms with Crippen LogP contribution in [0, 0.1) is 6.92 Å². The Hall–Kier alpha value is -3.36. The smallest absolute Gasteiger partial charge is 0.343 e. The third-order valence-corrected chi connectivity index (χ3v) is 5.86. The van der Waals surface area contributed by atoms with Crippen molar-refractivity contribution in [1.82, 2.24) is 0 Å². The largest absolute Gasteiger partial charge is 0.507 e. The van der Waals surface area contributed by atoms with Crippen LogP contribution < -0.4 is 25.2 Å². The van der Waals surface area contributed by atoms with Crippen molar-refractivity contribution in [2.24, 2.45) is 0 Å². The monoisotopic (exact) mass is 507 g/mol. The third kappa shape index (κ3) is 5.40. The second-order valence-electron chi connectivity index (χ2n) is 7.34. The number of hydrogen-bond donors (Lipinski definition) is 2. The van der Waals surface area contributed by atoms with Gasteiger partial charge in [0.2, 0.25) is 11.7 Å². The fourth-order valence-corrected chi connectivity index (χ4v) is 3.88. The molecule has 0 aliphatic carbocycles. The predicted molar refractivity (Wildman–Crippen MR) is 129 cm³/mol. The van der Waals surface area contributed by atoms with Crippen LogP contribution in [0.2, 0.25) is 10.0 Å². The van der Waals surface area contributed by atoms with E-state index in [0.717, 1.165) is 0 Å². The number of rotatable bonds is 8. The van der Waals surface area contributed by atoms with Gasteiger partial charge in [-0.1, -0.05) is 23.2 Å². The minimum absolute atomic E-state index is 0.0795. The van der Waals surface area contributed by atoms with Gasteiger partial charge in [-0.05, 0) is 42.8 Å². The van der Waals surface area contributed by atoms with E-state index in [0.29, 0.717) is 33.5 Å². The summed E-state index contributed by atoms with van der Waals surface area (Å²) in [4.78, 5) is 25.8. The molecule has 0 fully saturated rings. The number of ether oxygens (including phenoxy) is 3. The maximum atomic E-state index is 13.0. The van der Waals surface area contributed by atoms with E-state index < -0.39 is 17.5 Å². The lowest BCUT2D eigenvalue weighted by molar-refractivity contribution is -0.116. The summed E-state index contributed by atoms with van der Waals surface area (Å²) in [5.41, 5.74) is 0.0381. The van der Waals surface area contributed by atoms with Crippen LogP contribution in [-0.4, -0.2) is 32.3 Å². The van der Waals surface area contributed by atoms with Crippen molar-refractivity contribution in [2.45, 2.75) is 19.3 Å². The number of aryl methyl sites for hydroxylation is 1. The van der Waals surface area contributed by atoms with Crippen LogP contribution in [0.15, 0.2) is 45.6 Å². The van der Waals surface area contributed by atoms with Crippen molar-refractivity contribution in [3.63, 3.8) is 0 Å². The van der Waals surface area contributed by atoms with Crippen LogP contribution in [-0.2, 0) is 4.79 Å². The molecule has 10 heteroatoms. The van der Waals surface area contributed by atoms with Gasteiger partial charge in [0.15, 0.2) is 11.5 Å². The van der Waals surface area contributed by atoms with E-state index in [1.165, 1.54) is 40.4 Å². The molecule has 1 aromatic heterocycles. The summed E-state index contributed by atoms with van der Waals surface area (Å²) < 4.78 is 21.4. The lowest BCUT2D eigenvalue weighted by Gasteiger charge is -2.21. The van der Waals surface area contributed by atoms with Crippen LogP contribution in [0.25, 0.3) is 0 Å². The van der Waals surface area contributed by atoms with Gasteiger partial charge >= 0.3 is 5.63 Å². The van der Waals surface area contributed by atoms with E-state index in [2.05, 4.69) is 5.32 Å². The molecule has 0 unspecified atom stereocenters. The molecular weight excluding hydrogens is 485 g/mol. The summed E-state index contributed by atoms with van der Waals surface area (Å²) in [6.45, 7) is 1.54. The highest BCUT2D eigenvalue weighted by molar-refractivity contribution is 6.42. The molecule has 0 aliphatic heterocycles. The number of aromatic hydroxyl groups is 1. The van der Waals surface area contributed by atoms with Gasteiger partial charge in [0.1, 0.15) is 11.5 Å². The molecule has 3 aromatic rings. The molecular formula is C24H23Cl2NO7. The van der Waals surface area contributed by atoms with Gasteiger partial charge in [0.25, 0.3) is 0 Å². The predicted octanol–water partition coefficient (Wildman–Crippen LogP) is 5.15. The molecule has 0 spiro atoms. The zero-order chi connectivity index (χ0) is 25.0. The number of halogens is 2. The first-order valence-electron chi connectivity index (χ1n) is 10.1. The van der Waals surface area contributed by atoms with Crippen molar-refractivity contribution in [2.75, 3.05) is 26.6 Å². The SMILES string of the molecule is COc1cc([C@@H](CC(=O)Nc2ccc(Cl)c(Cl)c2)c2c(O)cc(C)oc2=O)cc(OC)c1OC. The van der Waals surface area contributed by atoms with E-state index in [4.69, 9.17) is 41.8 Å². The molecule has 8 nitrogen and oxygen atoms in total. The molecule has 0 radical (unpaired) electrons. The molecule has 0 bridgehead atoms. The summed E-state index contributed by atoms with van der Waals surface area (Å²) in [6.07, 6.45) is -0.222. The van der Waals surface area contributed by atoms with Crippen molar-refractivity contribution < 1.29 is 28.5 Å². The minimum Gasteiger partial charge on any atom is -0.507 e. The number of methoxy groups -OCH3 is 3. The Balaban J connectivity index is 2.09. The van der Waals surface area contributed by atoms with E-state index in [9.17, 15) is 14.7 Å². The standard InChI is InChI=1S/C24H23Cl2NO7/c1-12-7-18(28)22(24(30)34-12)15(11-21(29)27-14-5-6-16(25)17(26)10-14)13-8-19(31-2)23(33-4)20(9-13)32-3/h5-10,15,28H,11H2,1-4H3,(H,27,29)/t15-/m1/s1. The molecule has 2 aromatic carbocycles. The average Bonchev–Trinajstić information content (AvgIpc) is 2.79. The lowest BCUT2D eigenvalue weighted by Crippen LogP contribution is -2.21. The van der Waals surface area contributed by atoms with Crippen LogP contribution in [0.4, 0.5) is 5.69 Å². The number of benzene rings is 2. The average molecular weight is 508 g/mol. The Kier molecular flexibility index (Phi) is 7.96. The number of carbonyl (C=O) groups excluding carboxylic acids is 1. The summed E-state index contributed by atoms with van der Waals surface area (Å²) in [5, 5.41) is 14.0. The first-order valence-corrected chi connectivity index (χ1v) is 10.8. The molecule has 1 amide bonds. The molecule has 0 aliphatic rings. The second-order valence-corrected chi connectivity index (χ2v) is 8.15. The molecule has 180 valence electrons. The maximum absolute atomic E-state index is 13.0. The highest BCUT2D eigenvalue weighted by Crippen LogP contribution is 2.43. The van der Waals surface area contributed by atoms with E-state index in [-0.39, 0.29) is 28.5 Å². The van der Waals surface area contributed by atoms with E-state index in [1.807, 2.05) is 0 Å². The van der Waals surface area contributed by atoms with Gasteiger partial charge in [-0.15, -0.1) is 0 Å². The van der Waals surface area contributed by atoms with Crippen LogP contribution in [0.5, 0.6) is 23.0 Å². The van der Waals surface area contributed by atoms with Crippen molar-refractivity contribution in [1.29, 1.82) is 0 Å². The maximum Gasteiger partial charge on any atom is 0.343 e. The lowest BCUT2D eigenvalue weighted by atomic mass is 9.88. The van der Waals surface area contributed by atoms with Gasteiger partial charge < -0.3 is 29.1 Å². The first kappa shape index (κ1) is 25.3. The van der Waals surface area contributed by atoms with Gasteiger partial charge in [0, 0.05) is 24.1 Å². The Morgan fingerprint density at radius 2 is 1.68 bits per heavy atom. The second kappa shape index (κ2) is 10.7. The number of nitrogens with one attached hydrogen (secondary N) is 1. The zero-order valence-corrected chi connectivity index (χ0v) is 20.4. The van der Waals surface area contributed by atoms with Crippen molar-refractivity contribution in [3.05, 3.63) is 73.8 Å². The number of hydrogen-bond acceptors (Lipinski definition) is 7. The first-order chi connectivity index (χ1) is 16.2. The van der Waals surface area contributed by atoms with Crippen LogP contribution in [0.1, 0.15) is 29.2 Å². The molecule has 0 saturated heterocycles. The molecule has 34 heavy (non-hydrogen) atoms. The van der Waals surface area contributed by atoms with Crippen molar-refractivity contribution in [3.8, 4) is 23.0 Å². The summed E-state index contributed by atoms with van der Waals surface area (Å²) in [6, 6.07) is 9.19. The molecule has 2 N–H and O–H groups in total. The van der Waals surface area contributed by atoms with Crippen molar-refractivity contribution >= 4 is 34.8 Å². The van der Waals surface area contributed by atoms with Crippen LogP contribution >= 0.6 is 23.2 Å². The van der Waals surface area contributed by atoms with Gasteiger partial charge in [-0.25, -0.2) is 4.79 Å². The molecule has 0 saturated carbocycles. The third-order valence-electron chi connectivity index (χ3n) is 5.12. The van der Waals surface area contributed by atoms with Gasteiger partial charge in [-0.2, -0.15) is 0 Å². The zero-order valence-electron chi connectivity index (χ0n) is 18.9. The summed E-state index contributed by atoms with van der Waals surface area (Å²) in [5.74, 6) is -0.437. The number of amides is 1. The van der Waals surface area contributed by atoms with E-state index >= 15 is 0 Å². The topological polar surface area (TPSA) is 107 Å². The highest BCUT2D eigenvalue weighted by Gasteiger charge is 2.28.